The molecular formula is C15H10N4. The van der Waals surface area contributed by atoms with Crippen LogP contribution in [0.25, 0.3) is 5.70 Å². The quantitative estimate of drug-likeness (QED) is 0.811. The summed E-state index contributed by atoms with van der Waals surface area (Å²) in [6.07, 6.45) is 0.639. The summed E-state index contributed by atoms with van der Waals surface area (Å²) in [5.74, 6) is 0. The average Bonchev–Trinajstić information content (AvgIpc) is 2.94. The van der Waals surface area contributed by atoms with Crippen molar-refractivity contribution in [2.24, 2.45) is 0 Å². The zero-order valence-electron chi connectivity index (χ0n) is 10.1. The minimum Gasteiger partial charge on any atom is -0.384 e. The Morgan fingerprint density at radius 1 is 1.00 bits per heavy atom. The summed E-state index contributed by atoms with van der Waals surface area (Å²) in [5.41, 5.74) is 2.58. The number of benzene rings is 1. The maximum atomic E-state index is 9.21. The average molecular weight is 246 g/mol. The molecule has 0 bridgehead atoms. The fourth-order valence-electron chi connectivity index (χ4n) is 2.09. The van der Waals surface area contributed by atoms with Crippen LogP contribution in [0.5, 0.6) is 0 Å². The summed E-state index contributed by atoms with van der Waals surface area (Å²) in [4.78, 5) is 0. The molecule has 1 heterocycles. The van der Waals surface area contributed by atoms with E-state index in [1.165, 1.54) is 0 Å². The highest BCUT2D eigenvalue weighted by Crippen LogP contribution is 2.29. The van der Waals surface area contributed by atoms with Gasteiger partial charge in [-0.05, 0) is 17.6 Å². The highest BCUT2D eigenvalue weighted by molar-refractivity contribution is 5.76. The molecule has 1 N–H and O–H groups in total. The Labute approximate surface area is 111 Å². The highest BCUT2D eigenvalue weighted by Gasteiger charge is 2.21. The van der Waals surface area contributed by atoms with E-state index < -0.39 is 0 Å². The second-order valence-electron chi connectivity index (χ2n) is 3.98. The van der Waals surface area contributed by atoms with Crippen LogP contribution in [0.3, 0.4) is 0 Å². The number of rotatable bonds is 2. The molecule has 19 heavy (non-hydrogen) atoms. The molecule has 0 saturated carbocycles. The van der Waals surface area contributed by atoms with Crippen LogP contribution in [-0.4, -0.2) is 6.54 Å². The highest BCUT2D eigenvalue weighted by atomic mass is 14.9. The Morgan fingerprint density at radius 3 is 2.26 bits per heavy atom. The molecule has 90 valence electrons. The van der Waals surface area contributed by atoms with E-state index in [2.05, 4.69) is 5.32 Å². The first-order valence-electron chi connectivity index (χ1n) is 5.79. The molecule has 1 aliphatic rings. The van der Waals surface area contributed by atoms with E-state index in [1.807, 2.05) is 36.4 Å². The Kier molecular flexibility index (Phi) is 3.62. The molecule has 1 aliphatic heterocycles. The molecule has 0 fully saturated rings. The van der Waals surface area contributed by atoms with E-state index in [9.17, 15) is 5.26 Å². The second kappa shape index (κ2) is 5.54. The first-order chi connectivity index (χ1) is 9.31. The minimum absolute atomic E-state index is 0.130. The van der Waals surface area contributed by atoms with Gasteiger partial charge in [-0.2, -0.15) is 15.8 Å². The number of nitrogens with zero attached hydrogens (tertiary/aromatic N) is 3. The molecule has 2 rings (SSSR count). The lowest BCUT2D eigenvalue weighted by Crippen LogP contribution is -2.06. The van der Waals surface area contributed by atoms with Gasteiger partial charge in [-0.3, -0.25) is 0 Å². The van der Waals surface area contributed by atoms with Crippen LogP contribution in [0.15, 0.2) is 47.1 Å². The van der Waals surface area contributed by atoms with Crippen molar-refractivity contribution >= 4 is 5.70 Å². The SMILES string of the molecule is N#CC(C#N)=C(C#N)C1=C(c2ccccc2)NCC1. The van der Waals surface area contributed by atoms with Gasteiger partial charge < -0.3 is 5.32 Å². The van der Waals surface area contributed by atoms with Crippen molar-refractivity contribution in [3.8, 4) is 18.2 Å². The van der Waals surface area contributed by atoms with Crippen LogP contribution in [0.1, 0.15) is 12.0 Å². The molecule has 0 radical (unpaired) electrons. The van der Waals surface area contributed by atoms with Crippen LogP contribution in [0.4, 0.5) is 0 Å². The summed E-state index contributed by atoms with van der Waals surface area (Å²) < 4.78 is 0. The molecule has 0 saturated heterocycles. The van der Waals surface area contributed by atoms with Crippen molar-refractivity contribution in [2.75, 3.05) is 6.54 Å². The van der Waals surface area contributed by atoms with E-state index >= 15 is 0 Å². The maximum absolute atomic E-state index is 9.21. The van der Waals surface area contributed by atoms with E-state index in [-0.39, 0.29) is 11.1 Å². The van der Waals surface area contributed by atoms with Gasteiger partial charge in [0.2, 0.25) is 0 Å². The third-order valence-corrected chi connectivity index (χ3v) is 2.93. The van der Waals surface area contributed by atoms with Gasteiger partial charge in [0.25, 0.3) is 0 Å². The normalized spacial score (nSPS) is 12.9. The van der Waals surface area contributed by atoms with E-state index in [0.29, 0.717) is 13.0 Å². The summed E-state index contributed by atoms with van der Waals surface area (Å²) in [5, 5.41) is 30.3. The smallest absolute Gasteiger partial charge is 0.147 e. The molecule has 1 aromatic carbocycles. The Balaban J connectivity index is 2.61. The monoisotopic (exact) mass is 246 g/mol. The summed E-state index contributed by atoms with van der Waals surface area (Å²) in [6, 6.07) is 15.1. The Bertz CT molecular complexity index is 660. The Hall–Kier alpha value is -3.03. The van der Waals surface area contributed by atoms with Crippen molar-refractivity contribution in [3.63, 3.8) is 0 Å². The van der Waals surface area contributed by atoms with Gasteiger partial charge in [0, 0.05) is 12.2 Å². The molecule has 0 amide bonds. The van der Waals surface area contributed by atoms with Gasteiger partial charge in [-0.25, -0.2) is 0 Å². The zero-order valence-corrected chi connectivity index (χ0v) is 10.1. The molecule has 0 aliphatic carbocycles. The first kappa shape index (κ1) is 12.4. The molecule has 0 atom stereocenters. The summed E-state index contributed by atoms with van der Waals surface area (Å²) in [7, 11) is 0. The van der Waals surface area contributed by atoms with Crippen LogP contribution < -0.4 is 5.32 Å². The Morgan fingerprint density at radius 2 is 1.68 bits per heavy atom. The lowest BCUT2D eigenvalue weighted by atomic mass is 9.97. The van der Waals surface area contributed by atoms with Gasteiger partial charge >= 0.3 is 0 Å². The molecular weight excluding hydrogens is 236 g/mol. The number of hydrogen-bond acceptors (Lipinski definition) is 4. The minimum atomic E-state index is -0.130. The van der Waals surface area contributed by atoms with Crippen LogP contribution in [-0.2, 0) is 0 Å². The van der Waals surface area contributed by atoms with Crippen molar-refractivity contribution in [3.05, 3.63) is 52.6 Å². The zero-order chi connectivity index (χ0) is 13.7. The van der Waals surface area contributed by atoms with Crippen LogP contribution in [0.2, 0.25) is 0 Å². The predicted octanol–water partition coefficient (Wildman–Crippen LogP) is 2.26. The lowest BCUT2D eigenvalue weighted by molar-refractivity contribution is 0.917. The number of hydrogen-bond donors (Lipinski definition) is 1. The van der Waals surface area contributed by atoms with Crippen molar-refractivity contribution in [1.29, 1.82) is 15.8 Å². The van der Waals surface area contributed by atoms with Gasteiger partial charge in [0.1, 0.15) is 23.8 Å². The van der Waals surface area contributed by atoms with Crippen LogP contribution in [0, 0.1) is 34.0 Å². The predicted molar refractivity (Wildman–Crippen MR) is 69.8 cm³/mol. The second-order valence-corrected chi connectivity index (χ2v) is 3.98. The lowest BCUT2D eigenvalue weighted by Gasteiger charge is -2.07. The largest absolute Gasteiger partial charge is 0.384 e. The van der Waals surface area contributed by atoms with Gasteiger partial charge in [0.15, 0.2) is 0 Å². The number of allylic oxidation sites excluding steroid dienone is 2. The molecule has 4 nitrogen and oxygen atoms in total. The summed E-state index contributed by atoms with van der Waals surface area (Å²) >= 11 is 0. The standard InChI is InChI=1S/C15H10N4/c16-8-12(9-17)14(10-18)13-6-7-19-15(13)11-4-2-1-3-5-11/h1-5,19H,6-7H2. The number of nitriles is 3. The maximum Gasteiger partial charge on any atom is 0.147 e. The molecule has 1 aromatic rings. The van der Waals surface area contributed by atoms with Crippen molar-refractivity contribution < 1.29 is 0 Å². The summed E-state index contributed by atoms with van der Waals surface area (Å²) in [6.45, 7) is 0.703. The van der Waals surface area contributed by atoms with E-state index in [4.69, 9.17) is 10.5 Å². The fraction of sp³-hybridized carbons (Fsp3) is 0.133. The third-order valence-electron chi connectivity index (χ3n) is 2.93. The fourth-order valence-corrected chi connectivity index (χ4v) is 2.09. The van der Waals surface area contributed by atoms with Crippen molar-refractivity contribution in [2.45, 2.75) is 6.42 Å². The topological polar surface area (TPSA) is 83.4 Å². The van der Waals surface area contributed by atoms with Crippen LogP contribution >= 0.6 is 0 Å². The molecule has 0 unspecified atom stereocenters. The van der Waals surface area contributed by atoms with Crippen molar-refractivity contribution in [1.82, 2.24) is 5.32 Å². The molecule has 0 aromatic heterocycles. The van der Waals surface area contributed by atoms with Gasteiger partial charge in [-0.15, -0.1) is 0 Å². The van der Waals surface area contributed by atoms with Gasteiger partial charge in [0.05, 0.1) is 5.57 Å². The van der Waals surface area contributed by atoms with Gasteiger partial charge in [-0.1, -0.05) is 30.3 Å². The molecule has 0 spiro atoms. The van der Waals surface area contributed by atoms with E-state index in [0.717, 1.165) is 16.8 Å². The number of nitrogens with one attached hydrogen (secondary N) is 1. The van der Waals surface area contributed by atoms with E-state index in [1.54, 1.807) is 12.1 Å². The molecule has 4 heteroatoms. The first-order valence-corrected chi connectivity index (χ1v) is 5.79. The third kappa shape index (κ3) is 2.32.